The summed E-state index contributed by atoms with van der Waals surface area (Å²) in [6.07, 6.45) is 2.55. The molecule has 1 aliphatic rings. The second-order valence-electron chi connectivity index (χ2n) is 4.36. The number of rotatable bonds is 5. The normalized spacial score (nSPS) is 16.3. The maximum Gasteiger partial charge on any atom is 0.105 e. The highest BCUT2D eigenvalue weighted by molar-refractivity contribution is 5.20. The van der Waals surface area contributed by atoms with E-state index in [4.69, 9.17) is 9.52 Å². The number of aryl methyl sites for hydroxylation is 2. The highest BCUT2D eigenvalue weighted by Crippen LogP contribution is 2.29. The highest BCUT2D eigenvalue weighted by atomic mass is 16.3. The summed E-state index contributed by atoms with van der Waals surface area (Å²) in [6.45, 7) is 5.91. The van der Waals surface area contributed by atoms with Gasteiger partial charge in [0.05, 0.1) is 6.61 Å². The molecule has 0 saturated heterocycles. The molecule has 0 radical (unpaired) electrons. The first kappa shape index (κ1) is 10.7. The Morgan fingerprint density at radius 3 is 2.67 bits per heavy atom. The number of hydrogen-bond donors (Lipinski definition) is 1. The van der Waals surface area contributed by atoms with Gasteiger partial charge in [0, 0.05) is 24.7 Å². The lowest BCUT2D eigenvalue weighted by Gasteiger charge is -2.20. The highest BCUT2D eigenvalue weighted by Gasteiger charge is 2.29. The van der Waals surface area contributed by atoms with Crippen LogP contribution in [0.2, 0.25) is 0 Å². The van der Waals surface area contributed by atoms with Crippen LogP contribution < -0.4 is 0 Å². The van der Waals surface area contributed by atoms with E-state index in [-0.39, 0.29) is 6.61 Å². The fourth-order valence-electron chi connectivity index (χ4n) is 2.02. The van der Waals surface area contributed by atoms with Crippen LogP contribution in [0.4, 0.5) is 0 Å². The first-order valence-corrected chi connectivity index (χ1v) is 5.61. The van der Waals surface area contributed by atoms with Gasteiger partial charge in [-0.3, -0.25) is 4.90 Å². The second kappa shape index (κ2) is 4.37. The Labute approximate surface area is 90.7 Å². The van der Waals surface area contributed by atoms with Gasteiger partial charge < -0.3 is 9.52 Å². The summed E-state index contributed by atoms with van der Waals surface area (Å²) in [4.78, 5) is 2.34. The zero-order valence-corrected chi connectivity index (χ0v) is 9.49. The number of aliphatic hydroxyl groups excluding tert-OH is 1. The molecule has 1 aromatic heterocycles. The van der Waals surface area contributed by atoms with Crippen LogP contribution in [-0.2, 0) is 6.54 Å². The van der Waals surface area contributed by atoms with Gasteiger partial charge in [0.25, 0.3) is 0 Å². The third-order valence-corrected chi connectivity index (χ3v) is 2.97. The molecule has 3 nitrogen and oxygen atoms in total. The molecule has 0 bridgehead atoms. The van der Waals surface area contributed by atoms with E-state index in [2.05, 4.69) is 11.0 Å². The third kappa shape index (κ3) is 2.61. The molecule has 1 saturated carbocycles. The standard InChI is InChI=1S/C12H19NO2/c1-9-7-11(10(2)15-9)8-13(5-6-14)12-3-4-12/h7,12,14H,3-6,8H2,1-2H3. The Kier molecular flexibility index (Phi) is 3.12. The fraction of sp³-hybridized carbons (Fsp3) is 0.667. The first-order chi connectivity index (χ1) is 7.20. The van der Waals surface area contributed by atoms with Crippen LogP contribution >= 0.6 is 0 Å². The van der Waals surface area contributed by atoms with Gasteiger partial charge >= 0.3 is 0 Å². The van der Waals surface area contributed by atoms with Gasteiger partial charge in [-0.15, -0.1) is 0 Å². The van der Waals surface area contributed by atoms with Crippen molar-refractivity contribution in [3.05, 3.63) is 23.2 Å². The topological polar surface area (TPSA) is 36.6 Å². The van der Waals surface area contributed by atoms with E-state index in [0.717, 1.165) is 24.6 Å². The minimum absolute atomic E-state index is 0.242. The lowest BCUT2D eigenvalue weighted by atomic mass is 10.2. The summed E-state index contributed by atoms with van der Waals surface area (Å²) in [5.74, 6) is 1.98. The molecule has 1 fully saturated rings. The number of nitrogens with zero attached hydrogens (tertiary/aromatic N) is 1. The molecule has 15 heavy (non-hydrogen) atoms. The Morgan fingerprint density at radius 2 is 2.20 bits per heavy atom. The number of aliphatic hydroxyl groups is 1. The molecule has 3 heteroatoms. The molecule has 1 N–H and O–H groups in total. The van der Waals surface area contributed by atoms with Gasteiger partial charge in [0.1, 0.15) is 11.5 Å². The molecule has 0 unspecified atom stereocenters. The minimum Gasteiger partial charge on any atom is -0.466 e. The monoisotopic (exact) mass is 209 g/mol. The average Bonchev–Trinajstić information content (AvgIpc) is 2.94. The lowest BCUT2D eigenvalue weighted by Crippen LogP contribution is -2.28. The summed E-state index contributed by atoms with van der Waals surface area (Å²) in [6, 6.07) is 2.79. The summed E-state index contributed by atoms with van der Waals surface area (Å²) in [5, 5.41) is 9.00. The van der Waals surface area contributed by atoms with Crippen LogP contribution in [-0.4, -0.2) is 29.2 Å². The van der Waals surface area contributed by atoms with E-state index in [1.54, 1.807) is 0 Å². The van der Waals surface area contributed by atoms with Crippen molar-refractivity contribution in [2.75, 3.05) is 13.2 Å². The Bertz CT molecular complexity index is 328. The quantitative estimate of drug-likeness (QED) is 0.804. The minimum atomic E-state index is 0.242. The van der Waals surface area contributed by atoms with Crippen LogP contribution in [0.25, 0.3) is 0 Å². The van der Waals surface area contributed by atoms with Crippen molar-refractivity contribution in [1.82, 2.24) is 4.90 Å². The van der Waals surface area contributed by atoms with E-state index >= 15 is 0 Å². The van der Waals surface area contributed by atoms with Crippen molar-refractivity contribution in [1.29, 1.82) is 0 Å². The first-order valence-electron chi connectivity index (χ1n) is 5.61. The van der Waals surface area contributed by atoms with Crippen molar-refractivity contribution in [3.63, 3.8) is 0 Å². The molecule has 0 atom stereocenters. The largest absolute Gasteiger partial charge is 0.466 e. The maximum atomic E-state index is 9.00. The van der Waals surface area contributed by atoms with Gasteiger partial charge in [0.2, 0.25) is 0 Å². The Hall–Kier alpha value is -0.800. The van der Waals surface area contributed by atoms with E-state index in [1.807, 2.05) is 13.8 Å². The summed E-state index contributed by atoms with van der Waals surface area (Å²) in [5.41, 5.74) is 1.26. The molecule has 0 amide bonds. The van der Waals surface area contributed by atoms with Crippen molar-refractivity contribution in [2.24, 2.45) is 0 Å². The van der Waals surface area contributed by atoms with Gasteiger partial charge in [0.15, 0.2) is 0 Å². The average molecular weight is 209 g/mol. The van der Waals surface area contributed by atoms with Crippen LogP contribution in [0, 0.1) is 13.8 Å². The van der Waals surface area contributed by atoms with E-state index < -0.39 is 0 Å². The summed E-state index contributed by atoms with van der Waals surface area (Å²) >= 11 is 0. The van der Waals surface area contributed by atoms with Crippen LogP contribution in [0.3, 0.4) is 0 Å². The molecule has 0 aliphatic heterocycles. The predicted molar refractivity (Wildman–Crippen MR) is 58.7 cm³/mol. The predicted octanol–water partition coefficient (Wildman–Crippen LogP) is 1.85. The summed E-state index contributed by atoms with van der Waals surface area (Å²) < 4.78 is 5.50. The van der Waals surface area contributed by atoms with Crippen LogP contribution in [0.1, 0.15) is 29.9 Å². The molecule has 1 heterocycles. The number of furan rings is 1. The zero-order chi connectivity index (χ0) is 10.8. The maximum absolute atomic E-state index is 9.00. The second-order valence-corrected chi connectivity index (χ2v) is 4.36. The van der Waals surface area contributed by atoms with Gasteiger partial charge in [-0.05, 0) is 32.8 Å². The molecule has 1 aromatic rings. The Morgan fingerprint density at radius 1 is 1.47 bits per heavy atom. The smallest absolute Gasteiger partial charge is 0.105 e. The molecule has 0 aromatic carbocycles. The summed E-state index contributed by atoms with van der Waals surface area (Å²) in [7, 11) is 0. The van der Waals surface area contributed by atoms with Crippen molar-refractivity contribution < 1.29 is 9.52 Å². The van der Waals surface area contributed by atoms with E-state index in [0.29, 0.717) is 6.04 Å². The molecular formula is C12H19NO2. The SMILES string of the molecule is Cc1cc(CN(CCO)C2CC2)c(C)o1. The fourth-order valence-corrected chi connectivity index (χ4v) is 2.02. The van der Waals surface area contributed by atoms with Gasteiger partial charge in [-0.2, -0.15) is 0 Å². The molecule has 1 aliphatic carbocycles. The zero-order valence-electron chi connectivity index (χ0n) is 9.49. The molecule has 84 valence electrons. The van der Waals surface area contributed by atoms with Crippen LogP contribution in [0.5, 0.6) is 0 Å². The molecule has 0 spiro atoms. The van der Waals surface area contributed by atoms with Crippen molar-refractivity contribution >= 4 is 0 Å². The molecule has 2 rings (SSSR count). The lowest BCUT2D eigenvalue weighted by molar-refractivity contribution is 0.182. The van der Waals surface area contributed by atoms with Gasteiger partial charge in [-0.1, -0.05) is 0 Å². The van der Waals surface area contributed by atoms with Gasteiger partial charge in [-0.25, -0.2) is 0 Å². The van der Waals surface area contributed by atoms with Crippen LogP contribution in [0.15, 0.2) is 10.5 Å². The van der Waals surface area contributed by atoms with E-state index in [1.165, 1.54) is 18.4 Å². The van der Waals surface area contributed by atoms with Crippen molar-refractivity contribution in [2.45, 2.75) is 39.3 Å². The number of hydrogen-bond acceptors (Lipinski definition) is 3. The molecular weight excluding hydrogens is 190 g/mol. The van der Waals surface area contributed by atoms with E-state index in [9.17, 15) is 0 Å². The Balaban J connectivity index is 2.01. The van der Waals surface area contributed by atoms with Crippen molar-refractivity contribution in [3.8, 4) is 0 Å². The third-order valence-electron chi connectivity index (χ3n) is 2.97.